The molecule has 0 aliphatic carbocycles. The van der Waals surface area contributed by atoms with Crippen LogP contribution in [0.4, 0.5) is 17.6 Å². The fraction of sp³-hybridized carbons (Fsp3) is 0.0769. The van der Waals surface area contributed by atoms with E-state index in [2.05, 4.69) is 0 Å². The van der Waals surface area contributed by atoms with E-state index in [1.165, 1.54) is 18.2 Å². The minimum atomic E-state index is -1.26. The maximum absolute atomic E-state index is 13.3. The Morgan fingerprint density at radius 3 is 2.28 bits per heavy atom. The lowest BCUT2D eigenvalue weighted by Crippen LogP contribution is -2.01. The molecule has 0 spiro atoms. The van der Waals surface area contributed by atoms with Crippen LogP contribution in [-0.2, 0) is 6.61 Å². The van der Waals surface area contributed by atoms with Crippen molar-refractivity contribution in [2.75, 3.05) is 0 Å². The summed E-state index contributed by atoms with van der Waals surface area (Å²) in [7, 11) is 0. The fourth-order valence-corrected chi connectivity index (χ4v) is 1.39. The van der Waals surface area contributed by atoms with Gasteiger partial charge in [-0.25, -0.2) is 17.6 Å². The number of benzene rings is 2. The second kappa shape index (κ2) is 5.08. The number of ether oxygens (including phenoxy) is 1. The molecule has 0 fully saturated rings. The summed E-state index contributed by atoms with van der Waals surface area (Å²) in [4.78, 5) is 0. The molecule has 0 atom stereocenters. The summed E-state index contributed by atoms with van der Waals surface area (Å²) >= 11 is 0. The van der Waals surface area contributed by atoms with Crippen molar-refractivity contribution in [2.24, 2.45) is 0 Å². The first-order chi connectivity index (χ1) is 8.56. The maximum Gasteiger partial charge on any atom is 0.161 e. The summed E-state index contributed by atoms with van der Waals surface area (Å²) < 4.78 is 56.7. The van der Waals surface area contributed by atoms with Gasteiger partial charge in [0.25, 0.3) is 0 Å². The maximum atomic E-state index is 13.3. The minimum Gasteiger partial charge on any atom is -0.489 e. The smallest absolute Gasteiger partial charge is 0.161 e. The van der Waals surface area contributed by atoms with Gasteiger partial charge in [0.2, 0.25) is 0 Å². The van der Waals surface area contributed by atoms with Crippen molar-refractivity contribution in [3.8, 4) is 5.75 Å². The molecule has 0 aliphatic rings. The molecule has 0 heterocycles. The van der Waals surface area contributed by atoms with Crippen LogP contribution in [-0.4, -0.2) is 0 Å². The predicted octanol–water partition coefficient (Wildman–Crippen LogP) is 3.82. The molecule has 0 radical (unpaired) electrons. The Hall–Kier alpha value is -2.04. The summed E-state index contributed by atoms with van der Waals surface area (Å²) in [6, 6.07) is 6.39. The summed E-state index contributed by atoms with van der Waals surface area (Å²) in [5.41, 5.74) is -0.141. The molecular weight excluding hydrogens is 248 g/mol. The average Bonchev–Trinajstić information content (AvgIpc) is 2.32. The molecule has 2 aromatic carbocycles. The van der Waals surface area contributed by atoms with Crippen LogP contribution in [0.2, 0.25) is 0 Å². The van der Waals surface area contributed by atoms with Crippen LogP contribution in [0.1, 0.15) is 5.56 Å². The van der Waals surface area contributed by atoms with Crippen LogP contribution >= 0.6 is 0 Å². The van der Waals surface area contributed by atoms with Gasteiger partial charge in [0.15, 0.2) is 11.6 Å². The van der Waals surface area contributed by atoms with Gasteiger partial charge in [-0.2, -0.15) is 0 Å². The monoisotopic (exact) mass is 256 g/mol. The Labute approximate surface area is 101 Å². The van der Waals surface area contributed by atoms with Crippen molar-refractivity contribution in [3.05, 3.63) is 65.2 Å². The van der Waals surface area contributed by atoms with Gasteiger partial charge >= 0.3 is 0 Å². The third-order valence-electron chi connectivity index (χ3n) is 2.28. The highest BCUT2D eigenvalue weighted by molar-refractivity contribution is 5.24. The highest BCUT2D eigenvalue weighted by atomic mass is 19.2. The largest absolute Gasteiger partial charge is 0.489 e. The first kappa shape index (κ1) is 12.4. The van der Waals surface area contributed by atoms with Crippen LogP contribution in [0, 0.1) is 23.3 Å². The van der Waals surface area contributed by atoms with Gasteiger partial charge < -0.3 is 4.74 Å². The second-order valence-corrected chi connectivity index (χ2v) is 3.60. The molecule has 0 unspecified atom stereocenters. The van der Waals surface area contributed by atoms with Crippen LogP contribution in [0.15, 0.2) is 36.4 Å². The lowest BCUT2D eigenvalue weighted by molar-refractivity contribution is 0.296. The van der Waals surface area contributed by atoms with Gasteiger partial charge in [0.1, 0.15) is 24.0 Å². The fourth-order valence-electron chi connectivity index (χ4n) is 1.39. The number of hydrogen-bond acceptors (Lipinski definition) is 1. The van der Waals surface area contributed by atoms with E-state index in [1.54, 1.807) is 0 Å². The molecule has 0 N–H and O–H groups in total. The Morgan fingerprint density at radius 1 is 0.833 bits per heavy atom. The van der Waals surface area contributed by atoms with Crippen LogP contribution in [0.5, 0.6) is 5.75 Å². The van der Waals surface area contributed by atoms with Gasteiger partial charge in [0.05, 0.1) is 0 Å². The lowest BCUT2D eigenvalue weighted by atomic mass is 10.2. The van der Waals surface area contributed by atoms with E-state index < -0.39 is 23.3 Å². The Morgan fingerprint density at radius 2 is 1.56 bits per heavy atom. The van der Waals surface area contributed by atoms with Gasteiger partial charge in [-0.15, -0.1) is 0 Å². The molecule has 94 valence electrons. The summed E-state index contributed by atoms with van der Waals surface area (Å²) in [6.07, 6.45) is 0. The minimum absolute atomic E-state index is 0.141. The number of hydrogen-bond donors (Lipinski definition) is 0. The first-order valence-corrected chi connectivity index (χ1v) is 5.08. The quantitative estimate of drug-likeness (QED) is 0.599. The molecule has 2 aromatic rings. The van der Waals surface area contributed by atoms with Crippen molar-refractivity contribution in [3.63, 3.8) is 0 Å². The molecule has 0 saturated heterocycles. The zero-order chi connectivity index (χ0) is 13.1. The summed E-state index contributed by atoms with van der Waals surface area (Å²) in [6.45, 7) is -0.313. The zero-order valence-corrected chi connectivity index (χ0v) is 9.09. The van der Waals surface area contributed by atoms with Crippen molar-refractivity contribution in [1.29, 1.82) is 0 Å². The van der Waals surface area contributed by atoms with Crippen LogP contribution < -0.4 is 4.74 Å². The van der Waals surface area contributed by atoms with E-state index in [-0.39, 0.29) is 17.9 Å². The van der Waals surface area contributed by atoms with E-state index in [9.17, 15) is 17.6 Å². The molecule has 2 rings (SSSR count). The van der Waals surface area contributed by atoms with E-state index in [0.29, 0.717) is 12.1 Å². The molecule has 0 bridgehead atoms. The standard InChI is InChI=1S/C13H8F4O/c14-9-2-1-3-10(5-9)18-7-8-4-12(16)13(17)6-11(8)15/h1-6H,7H2. The summed E-state index contributed by atoms with van der Waals surface area (Å²) in [5.74, 6) is -3.65. The van der Waals surface area contributed by atoms with Crippen LogP contribution in [0.3, 0.4) is 0 Å². The van der Waals surface area contributed by atoms with Crippen molar-refractivity contribution < 1.29 is 22.3 Å². The highest BCUT2D eigenvalue weighted by Gasteiger charge is 2.10. The molecular formula is C13H8F4O. The molecule has 0 saturated carbocycles. The van der Waals surface area contributed by atoms with Crippen molar-refractivity contribution in [1.82, 2.24) is 0 Å². The topological polar surface area (TPSA) is 9.23 Å². The third-order valence-corrected chi connectivity index (χ3v) is 2.28. The predicted molar refractivity (Wildman–Crippen MR) is 57.0 cm³/mol. The van der Waals surface area contributed by atoms with Gasteiger partial charge in [0, 0.05) is 17.7 Å². The molecule has 0 aliphatic heterocycles. The van der Waals surface area contributed by atoms with Gasteiger partial charge in [-0.1, -0.05) is 6.07 Å². The van der Waals surface area contributed by atoms with E-state index >= 15 is 0 Å². The molecule has 18 heavy (non-hydrogen) atoms. The highest BCUT2D eigenvalue weighted by Crippen LogP contribution is 2.17. The average molecular weight is 256 g/mol. The molecule has 1 nitrogen and oxygen atoms in total. The molecule has 0 amide bonds. The van der Waals surface area contributed by atoms with Gasteiger partial charge in [-0.3, -0.25) is 0 Å². The number of rotatable bonds is 3. The van der Waals surface area contributed by atoms with Crippen LogP contribution in [0.25, 0.3) is 0 Å². The lowest BCUT2D eigenvalue weighted by Gasteiger charge is -2.07. The Bertz CT molecular complexity index is 569. The van der Waals surface area contributed by atoms with E-state index in [4.69, 9.17) is 4.74 Å². The zero-order valence-electron chi connectivity index (χ0n) is 9.09. The van der Waals surface area contributed by atoms with Gasteiger partial charge in [-0.05, 0) is 18.2 Å². The first-order valence-electron chi connectivity index (χ1n) is 5.08. The normalized spacial score (nSPS) is 10.4. The Balaban J connectivity index is 2.13. The van der Waals surface area contributed by atoms with E-state index in [1.807, 2.05) is 0 Å². The Kier molecular flexibility index (Phi) is 3.50. The number of halogens is 4. The summed E-state index contributed by atoms with van der Waals surface area (Å²) in [5, 5.41) is 0. The molecule has 0 aromatic heterocycles. The van der Waals surface area contributed by atoms with Crippen molar-refractivity contribution in [2.45, 2.75) is 6.61 Å². The molecule has 5 heteroatoms. The van der Waals surface area contributed by atoms with Crippen molar-refractivity contribution >= 4 is 0 Å². The third kappa shape index (κ3) is 2.80. The van der Waals surface area contributed by atoms with E-state index in [0.717, 1.165) is 6.07 Å². The second-order valence-electron chi connectivity index (χ2n) is 3.60. The SMILES string of the molecule is Fc1cccc(OCc2cc(F)c(F)cc2F)c1.